The summed E-state index contributed by atoms with van der Waals surface area (Å²) in [5.41, 5.74) is 7.72. The number of carbonyl (C=O) groups is 2. The first kappa shape index (κ1) is 17.2. The first-order valence-electron chi connectivity index (χ1n) is 7.99. The molecule has 0 saturated carbocycles. The highest BCUT2D eigenvalue weighted by Crippen LogP contribution is 2.32. The second-order valence-corrected chi connectivity index (χ2v) is 5.50. The number of nitrogens with one attached hydrogen (secondary N) is 2. The molecular formula is C18H19N3O4. The minimum atomic E-state index is -0.234. The van der Waals surface area contributed by atoms with E-state index in [1.807, 2.05) is 0 Å². The number of anilines is 1. The summed E-state index contributed by atoms with van der Waals surface area (Å²) in [5, 5.41) is 19.6. The van der Waals surface area contributed by atoms with Gasteiger partial charge in [0.2, 0.25) is 0 Å². The fraction of sp³-hybridized carbons (Fsp3) is 0.222. The maximum Gasteiger partial charge on any atom is 0.196 e. The summed E-state index contributed by atoms with van der Waals surface area (Å²) in [7, 11) is 0. The van der Waals surface area contributed by atoms with E-state index >= 15 is 0 Å². The van der Waals surface area contributed by atoms with Crippen molar-refractivity contribution in [1.29, 1.82) is 0 Å². The lowest BCUT2D eigenvalue weighted by atomic mass is 9.83. The summed E-state index contributed by atoms with van der Waals surface area (Å²) in [5.74, 6) is -0.432. The number of hydrogen-bond acceptors (Lipinski definition) is 7. The number of carbonyl (C=O) groups excluding carboxylic acids is 2. The van der Waals surface area contributed by atoms with Gasteiger partial charge >= 0.3 is 0 Å². The Morgan fingerprint density at radius 3 is 1.92 bits per heavy atom. The molecular weight excluding hydrogens is 322 g/mol. The van der Waals surface area contributed by atoms with E-state index in [1.54, 1.807) is 42.5 Å². The molecule has 3 rings (SSSR count). The molecule has 0 aliphatic heterocycles. The number of aliphatic hydroxyl groups excluding tert-OH is 2. The third-order valence-corrected chi connectivity index (χ3v) is 3.93. The molecule has 0 amide bonds. The molecule has 2 aromatic carbocycles. The normalized spacial score (nSPS) is 12.7. The van der Waals surface area contributed by atoms with E-state index in [2.05, 4.69) is 10.9 Å². The monoisotopic (exact) mass is 341 g/mol. The molecule has 0 radical (unpaired) electrons. The Hall–Kier alpha value is -2.58. The van der Waals surface area contributed by atoms with Crippen LogP contribution in [-0.2, 0) is 0 Å². The molecule has 0 aromatic heterocycles. The van der Waals surface area contributed by atoms with Gasteiger partial charge in [-0.25, -0.2) is 16.0 Å². The van der Waals surface area contributed by atoms with E-state index < -0.39 is 0 Å². The van der Waals surface area contributed by atoms with Gasteiger partial charge in [0.1, 0.15) is 0 Å². The van der Waals surface area contributed by atoms with Gasteiger partial charge in [0.25, 0.3) is 0 Å². The van der Waals surface area contributed by atoms with Crippen LogP contribution in [0.4, 0.5) is 5.69 Å². The van der Waals surface area contributed by atoms with Crippen molar-refractivity contribution >= 4 is 17.3 Å². The second-order valence-electron chi connectivity index (χ2n) is 5.50. The summed E-state index contributed by atoms with van der Waals surface area (Å²) >= 11 is 0. The van der Waals surface area contributed by atoms with Crippen LogP contribution in [0.1, 0.15) is 31.8 Å². The van der Waals surface area contributed by atoms with Crippen molar-refractivity contribution in [3.05, 3.63) is 64.7 Å². The molecule has 4 N–H and O–H groups in total. The number of ketones is 2. The Bertz CT molecular complexity index is 799. The average Bonchev–Trinajstić information content (AvgIpc) is 2.66. The van der Waals surface area contributed by atoms with Crippen molar-refractivity contribution in [2.24, 2.45) is 0 Å². The van der Waals surface area contributed by atoms with Crippen LogP contribution in [-0.4, -0.2) is 48.1 Å². The number of hydrogen-bond donors (Lipinski definition) is 4. The fourth-order valence-corrected chi connectivity index (χ4v) is 2.86. The van der Waals surface area contributed by atoms with Crippen LogP contribution in [0.3, 0.4) is 0 Å². The van der Waals surface area contributed by atoms with Crippen molar-refractivity contribution < 1.29 is 19.8 Å². The summed E-state index contributed by atoms with van der Waals surface area (Å²) in [4.78, 5) is 25.8. The quantitative estimate of drug-likeness (QED) is 0.457. The van der Waals surface area contributed by atoms with Crippen molar-refractivity contribution in [3.8, 4) is 0 Å². The smallest absolute Gasteiger partial charge is 0.196 e. The largest absolute Gasteiger partial charge is 0.395 e. The minimum absolute atomic E-state index is 0.109. The highest BCUT2D eigenvalue weighted by molar-refractivity contribution is 6.30. The van der Waals surface area contributed by atoms with E-state index in [1.165, 1.54) is 5.12 Å². The van der Waals surface area contributed by atoms with E-state index in [0.29, 0.717) is 27.9 Å². The zero-order valence-corrected chi connectivity index (χ0v) is 13.5. The molecule has 1 aliphatic carbocycles. The van der Waals surface area contributed by atoms with E-state index in [4.69, 9.17) is 10.2 Å². The number of nitrogens with zero attached hydrogens (tertiary/aromatic N) is 1. The maximum atomic E-state index is 13.0. The van der Waals surface area contributed by atoms with Gasteiger partial charge in [-0.3, -0.25) is 9.59 Å². The van der Waals surface area contributed by atoms with Crippen LogP contribution >= 0.6 is 0 Å². The predicted octanol–water partition coefficient (Wildman–Crippen LogP) is 0.262. The molecule has 0 bridgehead atoms. The third-order valence-electron chi connectivity index (χ3n) is 3.93. The fourth-order valence-electron chi connectivity index (χ4n) is 2.86. The van der Waals surface area contributed by atoms with Gasteiger partial charge in [-0.15, -0.1) is 0 Å². The Kier molecular flexibility index (Phi) is 5.20. The zero-order valence-electron chi connectivity index (χ0n) is 13.5. The molecule has 7 heteroatoms. The highest BCUT2D eigenvalue weighted by Gasteiger charge is 2.32. The SMILES string of the molecule is O=C1c2ccccc2C(=O)c2c1cccc2N(NCCO)NCCO. The van der Waals surface area contributed by atoms with E-state index in [0.717, 1.165) is 0 Å². The molecule has 0 heterocycles. The van der Waals surface area contributed by atoms with Crippen LogP contribution < -0.4 is 16.0 Å². The van der Waals surface area contributed by atoms with Crippen LogP contribution in [0.2, 0.25) is 0 Å². The molecule has 0 fully saturated rings. The average molecular weight is 341 g/mol. The molecule has 2 aromatic rings. The van der Waals surface area contributed by atoms with E-state index in [-0.39, 0.29) is 37.9 Å². The second kappa shape index (κ2) is 7.54. The van der Waals surface area contributed by atoms with Crippen molar-refractivity contribution in [2.75, 3.05) is 31.4 Å². The molecule has 1 aliphatic rings. The first-order valence-corrected chi connectivity index (χ1v) is 7.99. The number of fused-ring (bicyclic) bond motifs is 2. The van der Waals surface area contributed by atoms with Crippen LogP contribution in [0.25, 0.3) is 0 Å². The van der Waals surface area contributed by atoms with Crippen molar-refractivity contribution in [1.82, 2.24) is 10.9 Å². The number of aliphatic hydroxyl groups is 2. The van der Waals surface area contributed by atoms with Gasteiger partial charge in [-0.2, -0.15) is 0 Å². The Labute approximate surface area is 144 Å². The zero-order chi connectivity index (χ0) is 17.8. The Morgan fingerprint density at radius 1 is 0.760 bits per heavy atom. The van der Waals surface area contributed by atoms with E-state index in [9.17, 15) is 9.59 Å². The van der Waals surface area contributed by atoms with Crippen LogP contribution in [0, 0.1) is 0 Å². The maximum absolute atomic E-state index is 13.0. The first-order chi connectivity index (χ1) is 12.2. The van der Waals surface area contributed by atoms with Gasteiger partial charge in [-0.05, 0) is 6.07 Å². The minimum Gasteiger partial charge on any atom is -0.395 e. The molecule has 0 unspecified atom stereocenters. The summed E-state index contributed by atoms with van der Waals surface area (Å²) in [6, 6.07) is 11.8. The Morgan fingerprint density at radius 2 is 1.32 bits per heavy atom. The molecule has 130 valence electrons. The third kappa shape index (κ3) is 3.18. The molecule has 0 spiro atoms. The van der Waals surface area contributed by atoms with Crippen LogP contribution in [0.5, 0.6) is 0 Å². The number of rotatable bonds is 7. The topological polar surface area (TPSA) is 102 Å². The summed E-state index contributed by atoms with van der Waals surface area (Å²) in [6.07, 6.45) is 0. The lowest BCUT2D eigenvalue weighted by molar-refractivity contribution is 0.0979. The molecule has 25 heavy (non-hydrogen) atoms. The van der Waals surface area contributed by atoms with Crippen LogP contribution in [0.15, 0.2) is 42.5 Å². The lowest BCUT2D eigenvalue weighted by Crippen LogP contribution is -2.51. The Balaban J connectivity index is 2.08. The van der Waals surface area contributed by atoms with Gasteiger partial charge in [0, 0.05) is 29.8 Å². The van der Waals surface area contributed by atoms with Gasteiger partial charge in [0.05, 0.1) is 24.5 Å². The summed E-state index contributed by atoms with van der Waals surface area (Å²) < 4.78 is 0. The van der Waals surface area contributed by atoms with Gasteiger partial charge in [-0.1, -0.05) is 36.4 Å². The summed E-state index contributed by atoms with van der Waals surface area (Å²) in [6.45, 7) is 0.256. The highest BCUT2D eigenvalue weighted by atomic mass is 16.3. The number of hydrazine groups is 2. The number of benzene rings is 2. The van der Waals surface area contributed by atoms with Gasteiger partial charge < -0.3 is 10.2 Å². The predicted molar refractivity (Wildman–Crippen MR) is 92.4 cm³/mol. The van der Waals surface area contributed by atoms with Crippen molar-refractivity contribution in [2.45, 2.75) is 0 Å². The molecule has 0 atom stereocenters. The lowest BCUT2D eigenvalue weighted by Gasteiger charge is -2.29. The standard InChI is InChI=1S/C18H19N3O4/c22-10-8-19-21(20-9-11-23)15-7-3-6-14-16(15)18(25)13-5-2-1-4-12(13)17(14)24/h1-7,19-20,22-23H,8-11H2. The van der Waals surface area contributed by atoms with Crippen molar-refractivity contribution in [3.63, 3.8) is 0 Å². The molecule has 0 saturated heterocycles. The molecule has 7 nitrogen and oxygen atoms in total. The van der Waals surface area contributed by atoms with Gasteiger partial charge in [0.15, 0.2) is 11.6 Å².